The maximum atomic E-state index is 9.13. The van der Waals surface area contributed by atoms with Crippen molar-refractivity contribution in [3.8, 4) is 5.75 Å². The Bertz CT molecular complexity index is 1470. The second-order valence-electron chi connectivity index (χ2n) is 8.07. The number of phenolic OH excluding ortho intramolecular Hbond substituents is 1. The highest BCUT2D eigenvalue weighted by Crippen LogP contribution is 2.33. The first kappa shape index (κ1) is 21.9. The molecule has 0 unspecified atom stereocenters. The first-order chi connectivity index (χ1) is 16.8. The van der Waals surface area contributed by atoms with Crippen molar-refractivity contribution in [3.05, 3.63) is 146 Å². The van der Waals surface area contributed by atoms with Crippen LogP contribution >= 0.6 is 7.92 Å². The van der Waals surface area contributed by atoms with Crippen molar-refractivity contribution in [2.24, 2.45) is 0 Å². The molecule has 0 spiro atoms. The summed E-state index contributed by atoms with van der Waals surface area (Å²) in [5.41, 5.74) is 0. The van der Waals surface area contributed by atoms with E-state index in [0.29, 0.717) is 5.75 Å². The Morgan fingerprint density at radius 1 is 0.353 bits per heavy atom. The van der Waals surface area contributed by atoms with Crippen molar-refractivity contribution in [3.63, 3.8) is 0 Å². The van der Waals surface area contributed by atoms with Gasteiger partial charge in [-0.2, -0.15) is 0 Å². The van der Waals surface area contributed by atoms with E-state index in [1.807, 2.05) is 30.3 Å². The van der Waals surface area contributed by atoms with E-state index in [1.165, 1.54) is 26.7 Å². The van der Waals surface area contributed by atoms with Gasteiger partial charge < -0.3 is 5.11 Å². The van der Waals surface area contributed by atoms with Crippen LogP contribution in [0.25, 0.3) is 21.5 Å². The molecule has 34 heavy (non-hydrogen) atoms. The van der Waals surface area contributed by atoms with Gasteiger partial charge in [0, 0.05) is 0 Å². The average molecular weight is 457 g/mol. The second-order valence-corrected chi connectivity index (χ2v) is 10.3. The number of aromatic hydroxyl groups is 1. The molecule has 0 aliphatic carbocycles. The van der Waals surface area contributed by atoms with Crippen LogP contribution in [0, 0.1) is 0 Å². The molecule has 1 N–H and O–H groups in total. The predicted molar refractivity (Wildman–Crippen MR) is 148 cm³/mol. The van der Waals surface area contributed by atoms with Crippen LogP contribution in [0.5, 0.6) is 5.75 Å². The third kappa shape index (κ3) is 5.01. The van der Waals surface area contributed by atoms with Crippen molar-refractivity contribution in [1.82, 2.24) is 0 Å². The van der Waals surface area contributed by atoms with E-state index in [-0.39, 0.29) is 0 Å². The molecule has 6 rings (SSSR count). The zero-order valence-corrected chi connectivity index (χ0v) is 19.6. The summed E-state index contributed by atoms with van der Waals surface area (Å²) in [4.78, 5) is 0. The molecule has 164 valence electrons. The minimum Gasteiger partial charge on any atom is -0.508 e. The predicted octanol–water partition coefficient (Wildman–Crippen LogP) is 7.14. The van der Waals surface area contributed by atoms with Crippen LogP contribution in [-0.4, -0.2) is 5.11 Å². The van der Waals surface area contributed by atoms with Gasteiger partial charge in [-0.15, -0.1) is 0 Å². The summed E-state index contributed by atoms with van der Waals surface area (Å²) in [6.45, 7) is 0. The topological polar surface area (TPSA) is 20.2 Å². The quantitative estimate of drug-likeness (QED) is 0.281. The molecule has 0 aliphatic rings. The SMILES string of the molecule is Oc1ccc2ccccc2c1.c1ccc(P(c2ccccc2)c2ccc3ccccc3c2)cc1. The van der Waals surface area contributed by atoms with E-state index in [2.05, 4.69) is 103 Å². The number of hydrogen-bond acceptors (Lipinski definition) is 1. The van der Waals surface area contributed by atoms with Crippen molar-refractivity contribution >= 4 is 45.4 Å². The van der Waals surface area contributed by atoms with Crippen LogP contribution in [0.4, 0.5) is 0 Å². The van der Waals surface area contributed by atoms with E-state index in [1.54, 1.807) is 12.1 Å². The lowest BCUT2D eigenvalue weighted by atomic mass is 10.1. The molecule has 0 saturated heterocycles. The second kappa shape index (κ2) is 10.3. The summed E-state index contributed by atoms with van der Waals surface area (Å²) in [5, 5.41) is 18.2. The molecule has 0 radical (unpaired) electrons. The lowest BCUT2D eigenvalue weighted by molar-refractivity contribution is 0.476. The van der Waals surface area contributed by atoms with Crippen LogP contribution in [0.2, 0.25) is 0 Å². The van der Waals surface area contributed by atoms with E-state index in [4.69, 9.17) is 5.11 Å². The lowest BCUT2D eigenvalue weighted by Gasteiger charge is -2.19. The van der Waals surface area contributed by atoms with Gasteiger partial charge >= 0.3 is 0 Å². The smallest absolute Gasteiger partial charge is 0.116 e. The van der Waals surface area contributed by atoms with Crippen LogP contribution in [0.15, 0.2) is 146 Å². The van der Waals surface area contributed by atoms with Crippen molar-refractivity contribution in [2.75, 3.05) is 0 Å². The van der Waals surface area contributed by atoms with Crippen LogP contribution < -0.4 is 15.9 Å². The average Bonchev–Trinajstić information content (AvgIpc) is 2.90. The number of phenols is 1. The Labute approximate surface area is 201 Å². The molecule has 0 saturated carbocycles. The third-order valence-corrected chi connectivity index (χ3v) is 8.18. The Morgan fingerprint density at radius 3 is 1.35 bits per heavy atom. The first-order valence-electron chi connectivity index (χ1n) is 11.3. The number of fused-ring (bicyclic) bond motifs is 2. The van der Waals surface area contributed by atoms with Crippen molar-refractivity contribution in [2.45, 2.75) is 0 Å². The van der Waals surface area contributed by atoms with Crippen LogP contribution in [0.3, 0.4) is 0 Å². The molecule has 0 fully saturated rings. The van der Waals surface area contributed by atoms with Gasteiger partial charge in [0.25, 0.3) is 0 Å². The number of benzene rings is 6. The highest BCUT2D eigenvalue weighted by Gasteiger charge is 2.16. The summed E-state index contributed by atoms with van der Waals surface area (Å²) in [5.74, 6) is 0.323. The van der Waals surface area contributed by atoms with E-state index < -0.39 is 7.92 Å². The van der Waals surface area contributed by atoms with Crippen LogP contribution in [-0.2, 0) is 0 Å². The van der Waals surface area contributed by atoms with Crippen molar-refractivity contribution < 1.29 is 5.11 Å². The Kier molecular flexibility index (Phi) is 6.66. The Morgan fingerprint density at radius 2 is 0.794 bits per heavy atom. The standard InChI is InChI=1S/C22H17P.C10H8O/c1-3-11-20(12-4-1)23(21-13-5-2-6-14-21)22-16-15-18-9-7-8-10-19(18)17-22;11-10-6-5-8-3-1-2-4-9(8)7-10/h1-17H;1-7,11H. The van der Waals surface area contributed by atoms with Gasteiger partial charge in [-0.05, 0) is 63.6 Å². The lowest BCUT2D eigenvalue weighted by Crippen LogP contribution is -2.20. The summed E-state index contributed by atoms with van der Waals surface area (Å²) < 4.78 is 0. The molecule has 1 nitrogen and oxygen atoms in total. The Hall–Kier alpha value is -3.93. The normalized spacial score (nSPS) is 10.7. The van der Waals surface area contributed by atoms with Gasteiger partial charge in [-0.3, -0.25) is 0 Å². The fourth-order valence-electron chi connectivity index (χ4n) is 4.09. The molecular weight excluding hydrogens is 431 g/mol. The monoisotopic (exact) mass is 456 g/mol. The Balaban J connectivity index is 0.000000183. The molecule has 0 heterocycles. The molecule has 0 atom stereocenters. The number of rotatable bonds is 3. The van der Waals surface area contributed by atoms with E-state index >= 15 is 0 Å². The zero-order valence-electron chi connectivity index (χ0n) is 18.8. The molecular formula is C32H25OP. The highest BCUT2D eigenvalue weighted by atomic mass is 31.1. The fraction of sp³-hybridized carbons (Fsp3) is 0. The highest BCUT2D eigenvalue weighted by molar-refractivity contribution is 7.79. The molecule has 0 aliphatic heterocycles. The van der Waals surface area contributed by atoms with Gasteiger partial charge in [0.05, 0.1) is 0 Å². The van der Waals surface area contributed by atoms with Crippen LogP contribution in [0.1, 0.15) is 0 Å². The molecule has 0 amide bonds. The first-order valence-corrected chi connectivity index (χ1v) is 12.7. The van der Waals surface area contributed by atoms with Gasteiger partial charge in [-0.1, -0.05) is 127 Å². The molecule has 6 aromatic rings. The summed E-state index contributed by atoms with van der Waals surface area (Å²) in [6.07, 6.45) is 0. The number of hydrogen-bond donors (Lipinski definition) is 1. The maximum Gasteiger partial charge on any atom is 0.116 e. The van der Waals surface area contributed by atoms with Gasteiger partial charge in [0.15, 0.2) is 0 Å². The summed E-state index contributed by atoms with van der Waals surface area (Å²) >= 11 is 0. The molecule has 6 aromatic carbocycles. The summed E-state index contributed by atoms with van der Waals surface area (Å²) in [6, 6.07) is 50.4. The molecule has 2 heteroatoms. The minimum atomic E-state index is -0.519. The van der Waals surface area contributed by atoms with Gasteiger partial charge in [0.2, 0.25) is 0 Å². The third-order valence-electron chi connectivity index (χ3n) is 5.75. The van der Waals surface area contributed by atoms with Gasteiger partial charge in [0.1, 0.15) is 5.75 Å². The molecule has 0 aromatic heterocycles. The zero-order chi connectivity index (χ0) is 23.2. The summed E-state index contributed by atoms with van der Waals surface area (Å²) in [7, 11) is -0.519. The van der Waals surface area contributed by atoms with E-state index in [0.717, 1.165) is 10.8 Å². The van der Waals surface area contributed by atoms with Gasteiger partial charge in [-0.25, -0.2) is 0 Å². The largest absolute Gasteiger partial charge is 0.508 e. The van der Waals surface area contributed by atoms with E-state index in [9.17, 15) is 0 Å². The fourth-order valence-corrected chi connectivity index (χ4v) is 6.42. The van der Waals surface area contributed by atoms with Crippen molar-refractivity contribution in [1.29, 1.82) is 0 Å². The minimum absolute atomic E-state index is 0.323. The molecule has 0 bridgehead atoms. The maximum absolute atomic E-state index is 9.13.